The van der Waals surface area contributed by atoms with Gasteiger partial charge in [-0.25, -0.2) is 0 Å². The molecule has 0 unspecified atom stereocenters. The first kappa shape index (κ1) is 12.8. The van der Waals surface area contributed by atoms with E-state index < -0.39 is 0 Å². The van der Waals surface area contributed by atoms with Crippen molar-refractivity contribution in [3.63, 3.8) is 0 Å². The predicted molar refractivity (Wildman–Crippen MR) is 73.1 cm³/mol. The molecule has 0 aliphatic carbocycles. The van der Waals surface area contributed by atoms with Crippen LogP contribution in [0.3, 0.4) is 0 Å². The number of benzene rings is 1. The quantitative estimate of drug-likeness (QED) is 0.893. The lowest BCUT2D eigenvalue weighted by Crippen LogP contribution is -2.63. The van der Waals surface area contributed by atoms with Crippen LogP contribution in [-0.2, 0) is 10.2 Å². The highest BCUT2D eigenvalue weighted by molar-refractivity contribution is 5.52. The highest BCUT2D eigenvalue weighted by Crippen LogP contribution is 2.47. The average Bonchev–Trinajstić information content (AvgIpc) is 2.30. The van der Waals surface area contributed by atoms with E-state index in [1.54, 1.807) is 14.2 Å². The zero-order valence-electron chi connectivity index (χ0n) is 11.8. The number of nitrogens with one attached hydrogen (secondary N) is 1. The van der Waals surface area contributed by atoms with Gasteiger partial charge in [0.2, 0.25) is 0 Å². The minimum Gasteiger partial charge on any atom is -0.497 e. The molecule has 0 atom stereocenters. The van der Waals surface area contributed by atoms with Crippen LogP contribution in [0.4, 0.5) is 0 Å². The number of aryl methyl sites for hydroxylation is 1. The first-order valence-electron chi connectivity index (χ1n) is 6.73. The maximum atomic E-state index is 5.61. The Kier molecular flexibility index (Phi) is 3.15. The summed E-state index contributed by atoms with van der Waals surface area (Å²) in [4.78, 5) is 0. The SMILES string of the molecule is COc1cc(C)c(C2(C3CNC3)COC2)c(OC)c1. The maximum Gasteiger partial charge on any atom is 0.126 e. The zero-order valence-corrected chi connectivity index (χ0v) is 11.8. The molecule has 4 nitrogen and oxygen atoms in total. The largest absolute Gasteiger partial charge is 0.497 e. The fourth-order valence-corrected chi connectivity index (χ4v) is 3.23. The number of methoxy groups -OCH3 is 2. The minimum absolute atomic E-state index is 0.118. The first-order chi connectivity index (χ1) is 9.21. The fourth-order valence-electron chi connectivity index (χ4n) is 3.23. The summed E-state index contributed by atoms with van der Waals surface area (Å²) in [5, 5.41) is 3.36. The van der Waals surface area contributed by atoms with Gasteiger partial charge in [0.05, 0.1) is 32.8 Å². The average molecular weight is 263 g/mol. The van der Waals surface area contributed by atoms with Crippen LogP contribution in [0.25, 0.3) is 0 Å². The van der Waals surface area contributed by atoms with Crippen molar-refractivity contribution in [2.45, 2.75) is 12.3 Å². The van der Waals surface area contributed by atoms with Gasteiger partial charge in [-0.1, -0.05) is 0 Å². The third-order valence-electron chi connectivity index (χ3n) is 4.51. The van der Waals surface area contributed by atoms with Gasteiger partial charge < -0.3 is 19.5 Å². The Morgan fingerprint density at radius 3 is 2.37 bits per heavy atom. The van der Waals surface area contributed by atoms with Gasteiger partial charge in [0.25, 0.3) is 0 Å². The van der Waals surface area contributed by atoms with Crippen LogP contribution in [-0.4, -0.2) is 40.5 Å². The van der Waals surface area contributed by atoms with Crippen LogP contribution in [0, 0.1) is 12.8 Å². The van der Waals surface area contributed by atoms with E-state index in [1.807, 2.05) is 6.07 Å². The fraction of sp³-hybridized carbons (Fsp3) is 0.600. The van der Waals surface area contributed by atoms with E-state index in [1.165, 1.54) is 11.1 Å². The van der Waals surface area contributed by atoms with Crippen LogP contribution < -0.4 is 14.8 Å². The molecule has 0 spiro atoms. The van der Waals surface area contributed by atoms with Gasteiger partial charge in [-0.15, -0.1) is 0 Å². The molecule has 2 aliphatic heterocycles. The lowest BCUT2D eigenvalue weighted by atomic mass is 9.65. The third kappa shape index (κ3) is 1.82. The second kappa shape index (κ2) is 4.69. The molecule has 1 N–H and O–H groups in total. The van der Waals surface area contributed by atoms with Gasteiger partial charge in [0, 0.05) is 24.7 Å². The summed E-state index contributed by atoms with van der Waals surface area (Å²) in [6.45, 7) is 5.86. The van der Waals surface area contributed by atoms with E-state index in [0.717, 1.165) is 37.8 Å². The van der Waals surface area contributed by atoms with Crippen LogP contribution in [0.2, 0.25) is 0 Å². The van der Waals surface area contributed by atoms with Gasteiger partial charge in [-0.3, -0.25) is 0 Å². The molecule has 104 valence electrons. The van der Waals surface area contributed by atoms with E-state index in [0.29, 0.717) is 5.92 Å². The second-order valence-electron chi connectivity index (χ2n) is 5.53. The maximum absolute atomic E-state index is 5.61. The molecule has 1 aromatic rings. The molecular formula is C15H21NO3. The van der Waals surface area contributed by atoms with E-state index in [9.17, 15) is 0 Å². The summed E-state index contributed by atoms with van der Waals surface area (Å²) in [7, 11) is 3.41. The Bertz CT molecular complexity index is 479. The van der Waals surface area contributed by atoms with Gasteiger partial charge in [-0.05, 0) is 24.5 Å². The number of rotatable bonds is 4. The molecule has 0 saturated carbocycles. The van der Waals surface area contributed by atoms with Crippen molar-refractivity contribution in [3.05, 3.63) is 23.3 Å². The van der Waals surface area contributed by atoms with Crippen LogP contribution in [0.5, 0.6) is 11.5 Å². The first-order valence-corrected chi connectivity index (χ1v) is 6.73. The monoisotopic (exact) mass is 263 g/mol. The topological polar surface area (TPSA) is 39.7 Å². The molecule has 2 heterocycles. The molecule has 0 aromatic heterocycles. The highest BCUT2D eigenvalue weighted by Gasteiger charge is 2.51. The summed E-state index contributed by atoms with van der Waals surface area (Å²) in [5.41, 5.74) is 2.65. The van der Waals surface area contributed by atoms with Crippen molar-refractivity contribution in [1.29, 1.82) is 0 Å². The van der Waals surface area contributed by atoms with Crippen molar-refractivity contribution in [2.75, 3.05) is 40.5 Å². The molecule has 4 heteroatoms. The Morgan fingerprint density at radius 2 is 1.95 bits per heavy atom. The lowest BCUT2D eigenvalue weighted by Gasteiger charge is -2.52. The summed E-state index contributed by atoms with van der Waals surface area (Å²) in [5.74, 6) is 2.41. The second-order valence-corrected chi connectivity index (χ2v) is 5.53. The third-order valence-corrected chi connectivity index (χ3v) is 4.51. The highest BCUT2D eigenvalue weighted by atomic mass is 16.5. The summed E-state index contributed by atoms with van der Waals surface area (Å²) >= 11 is 0. The molecule has 0 amide bonds. The van der Waals surface area contributed by atoms with E-state index >= 15 is 0 Å². The van der Waals surface area contributed by atoms with E-state index in [4.69, 9.17) is 14.2 Å². The summed E-state index contributed by atoms with van der Waals surface area (Å²) in [6.07, 6.45) is 0. The van der Waals surface area contributed by atoms with Crippen LogP contribution in [0.15, 0.2) is 12.1 Å². The number of ether oxygens (including phenoxy) is 3. The molecule has 0 bridgehead atoms. The van der Waals surface area contributed by atoms with Crippen molar-refractivity contribution in [1.82, 2.24) is 5.32 Å². The molecule has 19 heavy (non-hydrogen) atoms. The van der Waals surface area contributed by atoms with Crippen molar-refractivity contribution in [3.8, 4) is 11.5 Å². The Labute approximate surface area is 114 Å². The van der Waals surface area contributed by atoms with Gasteiger partial charge >= 0.3 is 0 Å². The van der Waals surface area contributed by atoms with Crippen LogP contribution in [0.1, 0.15) is 11.1 Å². The molecule has 2 fully saturated rings. The lowest BCUT2D eigenvalue weighted by molar-refractivity contribution is -0.102. The predicted octanol–water partition coefficient (Wildman–Crippen LogP) is 1.50. The van der Waals surface area contributed by atoms with Crippen molar-refractivity contribution < 1.29 is 14.2 Å². The Hall–Kier alpha value is -1.26. The molecule has 2 aliphatic rings. The standard InChI is InChI=1S/C15H21NO3/c1-10-4-12(17-2)5-13(18-3)14(10)15(8-19-9-15)11-6-16-7-11/h4-5,11,16H,6-9H2,1-3H3. The van der Waals surface area contributed by atoms with Crippen molar-refractivity contribution >= 4 is 0 Å². The Morgan fingerprint density at radius 1 is 1.21 bits per heavy atom. The zero-order chi connectivity index (χ0) is 13.5. The van der Waals surface area contributed by atoms with E-state index in [2.05, 4.69) is 18.3 Å². The molecular weight excluding hydrogens is 242 g/mol. The van der Waals surface area contributed by atoms with E-state index in [-0.39, 0.29) is 5.41 Å². The smallest absolute Gasteiger partial charge is 0.126 e. The number of hydrogen-bond donors (Lipinski definition) is 1. The summed E-state index contributed by atoms with van der Waals surface area (Å²) in [6, 6.07) is 4.07. The van der Waals surface area contributed by atoms with Gasteiger partial charge in [-0.2, -0.15) is 0 Å². The normalized spacial score (nSPS) is 21.4. The van der Waals surface area contributed by atoms with Gasteiger partial charge in [0.1, 0.15) is 11.5 Å². The molecule has 3 rings (SSSR count). The number of hydrogen-bond acceptors (Lipinski definition) is 4. The Balaban J connectivity index is 2.07. The molecule has 2 saturated heterocycles. The molecule has 0 radical (unpaired) electrons. The van der Waals surface area contributed by atoms with Crippen LogP contribution >= 0.6 is 0 Å². The molecule has 1 aromatic carbocycles. The van der Waals surface area contributed by atoms with Crippen molar-refractivity contribution in [2.24, 2.45) is 5.92 Å². The minimum atomic E-state index is 0.118. The van der Waals surface area contributed by atoms with Gasteiger partial charge in [0.15, 0.2) is 0 Å². The summed E-state index contributed by atoms with van der Waals surface area (Å²) < 4.78 is 16.5.